The number of benzene rings is 1. The third-order valence-electron chi connectivity index (χ3n) is 5.75. The second-order valence-corrected chi connectivity index (χ2v) is 11.5. The van der Waals surface area contributed by atoms with Gasteiger partial charge in [0, 0.05) is 33.4 Å². The zero-order chi connectivity index (χ0) is 23.3. The molecule has 0 aliphatic carbocycles. The highest BCUT2D eigenvalue weighted by Gasteiger charge is 2.12. The highest BCUT2D eigenvalue weighted by Crippen LogP contribution is 2.37. The van der Waals surface area contributed by atoms with Crippen molar-refractivity contribution in [1.29, 1.82) is 5.26 Å². The molecule has 1 aromatic carbocycles. The molecule has 5 nitrogen and oxygen atoms in total. The second kappa shape index (κ2) is 10.6. The van der Waals surface area contributed by atoms with Gasteiger partial charge in [0.25, 0.3) is 0 Å². The molecule has 4 heterocycles. The summed E-state index contributed by atoms with van der Waals surface area (Å²) < 4.78 is 1.07. The monoisotopic (exact) mass is 503 g/mol. The fourth-order valence-corrected chi connectivity index (χ4v) is 7.10. The van der Waals surface area contributed by atoms with Crippen LogP contribution in [-0.4, -0.2) is 18.1 Å². The topological polar surface area (TPSA) is 64.6 Å². The molecule has 4 aromatic rings. The van der Waals surface area contributed by atoms with Crippen LogP contribution in [0.2, 0.25) is 0 Å². The van der Waals surface area contributed by atoms with Gasteiger partial charge >= 0.3 is 0 Å². The molecule has 0 saturated carbocycles. The summed E-state index contributed by atoms with van der Waals surface area (Å²) in [7, 11) is 0. The molecule has 1 saturated heterocycles. The van der Waals surface area contributed by atoms with Gasteiger partial charge in [0.2, 0.25) is 5.13 Å². The van der Waals surface area contributed by atoms with E-state index in [1.165, 1.54) is 41.2 Å². The van der Waals surface area contributed by atoms with Crippen LogP contribution in [0, 0.1) is 11.3 Å². The Balaban J connectivity index is 1.28. The standard InChI is InChI=1S/C26H25N5S3/c1-2-6-21-11-12-23(32-21)18(17-27)15-22-16-24-25(33-22)28-26(34-24)30-29-19-7-9-20(10-8-19)31-13-4-3-5-14-31/h7-12,15-16H,2-6,13-14H2,1H3/b18-15+,30-29+. The van der Waals surface area contributed by atoms with Crippen molar-refractivity contribution < 1.29 is 0 Å². The third kappa shape index (κ3) is 5.27. The average molecular weight is 504 g/mol. The van der Waals surface area contributed by atoms with Gasteiger partial charge in [0.15, 0.2) is 0 Å². The van der Waals surface area contributed by atoms with Gasteiger partial charge in [-0.2, -0.15) is 5.26 Å². The zero-order valence-electron chi connectivity index (χ0n) is 19.0. The number of anilines is 1. The Bertz CT molecular complexity index is 1330. The Morgan fingerprint density at radius 3 is 2.62 bits per heavy atom. The number of rotatable bonds is 7. The van der Waals surface area contributed by atoms with Crippen molar-refractivity contribution in [2.45, 2.75) is 39.0 Å². The summed E-state index contributed by atoms with van der Waals surface area (Å²) >= 11 is 4.81. The van der Waals surface area contributed by atoms with Crippen LogP contribution in [0.15, 0.2) is 52.7 Å². The summed E-state index contributed by atoms with van der Waals surface area (Å²) in [5.74, 6) is 0. The quantitative estimate of drug-likeness (QED) is 0.187. The highest BCUT2D eigenvalue weighted by atomic mass is 32.1. The van der Waals surface area contributed by atoms with Crippen LogP contribution in [-0.2, 0) is 6.42 Å². The molecule has 8 heteroatoms. The third-order valence-corrected chi connectivity index (χ3v) is 8.92. The van der Waals surface area contributed by atoms with Gasteiger partial charge in [0.1, 0.15) is 10.9 Å². The molecule has 34 heavy (non-hydrogen) atoms. The van der Waals surface area contributed by atoms with Crippen LogP contribution < -0.4 is 4.90 Å². The van der Waals surface area contributed by atoms with E-state index in [-0.39, 0.29) is 0 Å². The number of aryl methyl sites for hydroxylation is 1. The SMILES string of the molecule is CCCc1ccc(/C(C#N)=C/c2cc3sc(/N=N/c4ccc(N5CCCCC5)cc4)nc3s2)s1. The normalized spacial score (nSPS) is 14.8. The number of piperidine rings is 1. The molecule has 0 bridgehead atoms. The zero-order valence-corrected chi connectivity index (χ0v) is 21.5. The van der Waals surface area contributed by atoms with Gasteiger partial charge in [-0.15, -0.1) is 32.9 Å². The van der Waals surface area contributed by atoms with Crippen molar-refractivity contribution in [3.8, 4) is 6.07 Å². The predicted molar refractivity (Wildman–Crippen MR) is 146 cm³/mol. The molecule has 1 aliphatic heterocycles. The van der Waals surface area contributed by atoms with E-state index in [4.69, 9.17) is 0 Å². The van der Waals surface area contributed by atoms with E-state index in [1.807, 2.05) is 18.2 Å². The largest absolute Gasteiger partial charge is 0.372 e. The summed E-state index contributed by atoms with van der Waals surface area (Å²) in [6.45, 7) is 4.44. The number of allylic oxidation sites excluding steroid dienone is 1. The number of hydrogen-bond acceptors (Lipinski definition) is 8. The van der Waals surface area contributed by atoms with E-state index >= 15 is 0 Å². The van der Waals surface area contributed by atoms with Crippen molar-refractivity contribution in [3.63, 3.8) is 0 Å². The number of thiophene rings is 2. The molecule has 0 atom stereocenters. The number of hydrogen-bond donors (Lipinski definition) is 0. The molecular weight excluding hydrogens is 479 g/mol. The molecule has 1 aliphatic rings. The van der Waals surface area contributed by atoms with Gasteiger partial charge in [-0.3, -0.25) is 0 Å². The van der Waals surface area contributed by atoms with Gasteiger partial charge in [-0.25, -0.2) is 4.98 Å². The first kappa shape index (κ1) is 22.9. The fourth-order valence-electron chi connectivity index (χ4n) is 4.04. The van der Waals surface area contributed by atoms with E-state index in [0.717, 1.165) is 50.9 Å². The lowest BCUT2D eigenvalue weighted by Crippen LogP contribution is -2.29. The smallest absolute Gasteiger partial charge is 0.231 e. The van der Waals surface area contributed by atoms with Gasteiger partial charge in [-0.1, -0.05) is 24.7 Å². The lowest BCUT2D eigenvalue weighted by atomic mass is 10.1. The average Bonchev–Trinajstić information content (AvgIpc) is 3.58. The number of fused-ring (bicyclic) bond motifs is 1. The maximum Gasteiger partial charge on any atom is 0.231 e. The van der Waals surface area contributed by atoms with Gasteiger partial charge in [-0.05, 0) is 74.2 Å². The van der Waals surface area contributed by atoms with E-state index in [1.54, 1.807) is 22.7 Å². The van der Waals surface area contributed by atoms with Crippen molar-refractivity contribution in [1.82, 2.24) is 4.98 Å². The maximum absolute atomic E-state index is 9.67. The second-order valence-electron chi connectivity index (χ2n) is 8.26. The van der Waals surface area contributed by atoms with Crippen LogP contribution in [0.5, 0.6) is 0 Å². The van der Waals surface area contributed by atoms with Crippen molar-refractivity contribution in [2.75, 3.05) is 18.0 Å². The number of azo groups is 1. The Morgan fingerprint density at radius 2 is 1.88 bits per heavy atom. The van der Waals surface area contributed by atoms with E-state index in [2.05, 4.69) is 63.4 Å². The molecule has 1 fully saturated rings. The molecule has 0 unspecified atom stereocenters. The molecular formula is C26H25N5S3. The lowest BCUT2D eigenvalue weighted by Gasteiger charge is -2.28. The van der Waals surface area contributed by atoms with Crippen LogP contribution in [0.3, 0.4) is 0 Å². The predicted octanol–water partition coefficient (Wildman–Crippen LogP) is 8.84. The van der Waals surface area contributed by atoms with E-state index in [9.17, 15) is 5.26 Å². The Hall–Kier alpha value is -2.86. The first-order valence-electron chi connectivity index (χ1n) is 11.6. The van der Waals surface area contributed by atoms with Crippen LogP contribution in [0.1, 0.15) is 47.2 Å². The summed E-state index contributed by atoms with van der Waals surface area (Å²) in [6.07, 6.45) is 8.01. The Labute approximate surface area is 211 Å². The summed E-state index contributed by atoms with van der Waals surface area (Å²) in [6, 6.07) is 16.9. The molecule has 172 valence electrons. The van der Waals surface area contributed by atoms with Gasteiger partial charge in [0.05, 0.1) is 16.0 Å². The molecule has 5 rings (SSSR count). The van der Waals surface area contributed by atoms with Crippen LogP contribution in [0.4, 0.5) is 16.5 Å². The number of nitrogens with zero attached hydrogens (tertiary/aromatic N) is 5. The number of thiazole rings is 1. The summed E-state index contributed by atoms with van der Waals surface area (Å²) in [4.78, 5) is 11.4. The lowest BCUT2D eigenvalue weighted by molar-refractivity contribution is 0.578. The van der Waals surface area contributed by atoms with E-state index < -0.39 is 0 Å². The number of aromatic nitrogens is 1. The van der Waals surface area contributed by atoms with Gasteiger partial charge < -0.3 is 4.90 Å². The number of nitriles is 1. The van der Waals surface area contributed by atoms with Crippen molar-refractivity contribution >= 4 is 71.7 Å². The highest BCUT2D eigenvalue weighted by molar-refractivity contribution is 7.29. The summed E-state index contributed by atoms with van der Waals surface area (Å²) in [5.41, 5.74) is 2.80. The minimum Gasteiger partial charge on any atom is -0.372 e. The van der Waals surface area contributed by atoms with Crippen molar-refractivity contribution in [3.05, 3.63) is 57.1 Å². The van der Waals surface area contributed by atoms with Crippen LogP contribution in [0.25, 0.3) is 21.2 Å². The molecule has 0 radical (unpaired) electrons. The minimum atomic E-state index is 0.653. The molecule has 3 aromatic heterocycles. The van der Waals surface area contributed by atoms with E-state index in [0.29, 0.717) is 10.7 Å². The Morgan fingerprint density at radius 1 is 1.06 bits per heavy atom. The minimum absolute atomic E-state index is 0.653. The van der Waals surface area contributed by atoms with Crippen LogP contribution >= 0.6 is 34.0 Å². The van der Waals surface area contributed by atoms with Crippen molar-refractivity contribution in [2.24, 2.45) is 10.2 Å². The molecule has 0 amide bonds. The first-order valence-corrected chi connectivity index (χ1v) is 14.0. The maximum atomic E-state index is 9.67. The Kier molecular flexibility index (Phi) is 7.14. The molecule has 0 N–H and O–H groups in total. The fraction of sp³-hybridized carbons (Fsp3) is 0.308. The first-order chi connectivity index (χ1) is 16.7. The molecule has 0 spiro atoms. The summed E-state index contributed by atoms with van der Waals surface area (Å²) in [5, 5.41) is 19.1.